The number of aromatic amines is 1. The fourth-order valence-electron chi connectivity index (χ4n) is 2.71. The van der Waals surface area contributed by atoms with Gasteiger partial charge in [0.05, 0.1) is 10.2 Å². The van der Waals surface area contributed by atoms with Gasteiger partial charge in [-0.1, -0.05) is 0 Å². The van der Waals surface area contributed by atoms with Crippen molar-refractivity contribution in [3.8, 4) is 11.3 Å². The summed E-state index contributed by atoms with van der Waals surface area (Å²) in [4.78, 5) is 0. The number of benzene rings is 1. The third-order valence-corrected chi connectivity index (χ3v) is 4.71. The minimum absolute atomic E-state index is 0.181. The zero-order valence-corrected chi connectivity index (χ0v) is 12.9. The number of nitrogens with zero attached hydrogens (tertiary/aromatic N) is 1. The molecule has 1 aromatic carbocycles. The molecular weight excluding hydrogens is 321 g/mol. The highest BCUT2D eigenvalue weighted by atomic mass is 79.9. The molecule has 1 fully saturated rings. The van der Waals surface area contributed by atoms with Crippen molar-refractivity contribution in [1.29, 1.82) is 0 Å². The van der Waals surface area contributed by atoms with Crippen LogP contribution in [-0.2, 0) is 0 Å². The molecule has 0 radical (unpaired) electrons. The molecule has 3 nitrogen and oxygen atoms in total. The maximum Gasteiger partial charge on any atom is 0.126 e. The predicted octanol–water partition coefficient (Wildman–Crippen LogP) is 3.75. The Labute approximate surface area is 126 Å². The molecule has 2 aromatic rings. The summed E-state index contributed by atoms with van der Waals surface area (Å²) in [5.74, 6) is 0.326. The van der Waals surface area contributed by atoms with E-state index >= 15 is 0 Å². The van der Waals surface area contributed by atoms with Crippen LogP contribution in [0.25, 0.3) is 11.3 Å². The normalized spacial score (nSPS) is 16.6. The molecule has 3 rings (SSSR count). The molecule has 0 bridgehead atoms. The van der Waals surface area contributed by atoms with E-state index in [0.717, 1.165) is 47.4 Å². The Balaban J connectivity index is 1.94. The fourth-order valence-corrected chi connectivity index (χ4v) is 3.44. The average Bonchev–Trinajstić information content (AvgIpc) is 2.85. The number of H-pyrrole nitrogens is 1. The summed E-state index contributed by atoms with van der Waals surface area (Å²) in [5, 5.41) is 10.9. The lowest BCUT2D eigenvalue weighted by molar-refractivity contribution is 0.452. The molecule has 0 saturated carbocycles. The second kappa shape index (κ2) is 5.66. The number of hydrogen-bond acceptors (Lipinski definition) is 2. The second-order valence-corrected chi connectivity index (χ2v) is 6.08. The lowest BCUT2D eigenvalue weighted by Crippen LogP contribution is -2.26. The van der Waals surface area contributed by atoms with Crippen molar-refractivity contribution in [2.45, 2.75) is 25.7 Å². The molecule has 0 aliphatic carbocycles. The lowest BCUT2D eigenvalue weighted by atomic mass is 9.94. The van der Waals surface area contributed by atoms with Crippen molar-refractivity contribution in [2.75, 3.05) is 13.1 Å². The molecule has 106 valence electrons. The first-order valence-electron chi connectivity index (χ1n) is 6.88. The Morgan fingerprint density at radius 1 is 1.30 bits per heavy atom. The molecule has 2 N–H and O–H groups in total. The molecular formula is C15H17BrFN3. The highest BCUT2D eigenvalue weighted by Gasteiger charge is 2.22. The Hall–Kier alpha value is -1.20. The summed E-state index contributed by atoms with van der Waals surface area (Å²) in [7, 11) is 0. The van der Waals surface area contributed by atoms with Crippen molar-refractivity contribution in [3.05, 3.63) is 39.7 Å². The van der Waals surface area contributed by atoms with Crippen LogP contribution in [0, 0.1) is 12.7 Å². The molecule has 1 aromatic heterocycles. The van der Waals surface area contributed by atoms with Crippen molar-refractivity contribution >= 4 is 15.9 Å². The van der Waals surface area contributed by atoms with E-state index in [0.29, 0.717) is 11.5 Å². The topological polar surface area (TPSA) is 40.7 Å². The minimum atomic E-state index is -0.181. The highest BCUT2D eigenvalue weighted by Crippen LogP contribution is 2.36. The fraction of sp³-hybridized carbons (Fsp3) is 0.400. The summed E-state index contributed by atoms with van der Waals surface area (Å²) in [5.41, 5.74) is 3.60. The smallest absolute Gasteiger partial charge is 0.126 e. The number of rotatable bonds is 2. The van der Waals surface area contributed by atoms with Crippen LogP contribution in [-0.4, -0.2) is 23.3 Å². The van der Waals surface area contributed by atoms with E-state index in [2.05, 4.69) is 31.4 Å². The van der Waals surface area contributed by atoms with Gasteiger partial charge in [-0.25, -0.2) is 4.39 Å². The molecule has 0 amide bonds. The Morgan fingerprint density at radius 3 is 2.75 bits per heavy atom. The molecule has 0 spiro atoms. The standard InChI is InChI=1S/C15H17BrFN3/c1-9-8-11(2-3-12(9)17)15-13(16)14(19-20-15)10-4-6-18-7-5-10/h2-3,8,10,18H,4-7H2,1H3,(H,19,20). The van der Waals surface area contributed by atoms with Gasteiger partial charge in [0.25, 0.3) is 0 Å². The summed E-state index contributed by atoms with van der Waals surface area (Å²) < 4.78 is 14.4. The van der Waals surface area contributed by atoms with E-state index in [1.165, 1.54) is 6.07 Å². The Bertz CT molecular complexity index is 618. The SMILES string of the molecule is Cc1cc(-c2n[nH]c(C3CCNCC3)c2Br)ccc1F. The minimum Gasteiger partial charge on any atom is -0.317 e. The number of hydrogen-bond donors (Lipinski definition) is 2. The third-order valence-electron chi connectivity index (χ3n) is 3.91. The maximum atomic E-state index is 13.4. The summed E-state index contributed by atoms with van der Waals surface area (Å²) >= 11 is 3.66. The first-order valence-corrected chi connectivity index (χ1v) is 7.67. The van der Waals surface area contributed by atoms with Gasteiger partial charge in [-0.2, -0.15) is 5.10 Å². The van der Waals surface area contributed by atoms with Gasteiger partial charge in [-0.15, -0.1) is 0 Å². The third kappa shape index (κ3) is 2.52. The van der Waals surface area contributed by atoms with Gasteiger partial charge in [0.1, 0.15) is 11.5 Å². The first-order chi connectivity index (χ1) is 9.66. The van der Waals surface area contributed by atoms with Gasteiger partial charge < -0.3 is 5.32 Å². The van der Waals surface area contributed by atoms with Crippen LogP contribution in [0.1, 0.15) is 30.0 Å². The number of halogens is 2. The van der Waals surface area contributed by atoms with Crippen LogP contribution in [0.3, 0.4) is 0 Å². The van der Waals surface area contributed by atoms with Crippen molar-refractivity contribution in [2.24, 2.45) is 0 Å². The van der Waals surface area contributed by atoms with Crippen LogP contribution in [0.4, 0.5) is 4.39 Å². The Kier molecular flexibility index (Phi) is 3.89. The second-order valence-electron chi connectivity index (χ2n) is 5.29. The van der Waals surface area contributed by atoms with Gasteiger partial charge in [0.2, 0.25) is 0 Å². The van der Waals surface area contributed by atoms with Crippen LogP contribution < -0.4 is 5.32 Å². The van der Waals surface area contributed by atoms with E-state index < -0.39 is 0 Å². The molecule has 1 aliphatic heterocycles. The largest absolute Gasteiger partial charge is 0.317 e. The molecule has 0 atom stereocenters. The van der Waals surface area contributed by atoms with E-state index in [1.54, 1.807) is 13.0 Å². The lowest BCUT2D eigenvalue weighted by Gasteiger charge is -2.21. The monoisotopic (exact) mass is 337 g/mol. The first kappa shape index (κ1) is 13.8. The zero-order chi connectivity index (χ0) is 14.1. The number of aryl methyl sites for hydroxylation is 1. The van der Waals surface area contributed by atoms with Crippen LogP contribution in [0.2, 0.25) is 0 Å². The van der Waals surface area contributed by atoms with Crippen molar-refractivity contribution < 1.29 is 4.39 Å². The van der Waals surface area contributed by atoms with E-state index in [1.807, 2.05) is 6.07 Å². The molecule has 0 unspecified atom stereocenters. The molecule has 1 saturated heterocycles. The summed E-state index contributed by atoms with van der Waals surface area (Å²) in [6.07, 6.45) is 2.23. The van der Waals surface area contributed by atoms with E-state index in [9.17, 15) is 4.39 Å². The number of piperidine rings is 1. The van der Waals surface area contributed by atoms with Gasteiger partial charge >= 0.3 is 0 Å². The highest BCUT2D eigenvalue weighted by molar-refractivity contribution is 9.10. The van der Waals surface area contributed by atoms with Gasteiger partial charge in [0, 0.05) is 11.5 Å². The molecule has 5 heteroatoms. The van der Waals surface area contributed by atoms with Crippen molar-refractivity contribution in [1.82, 2.24) is 15.5 Å². The van der Waals surface area contributed by atoms with E-state index in [4.69, 9.17) is 0 Å². The number of nitrogens with one attached hydrogen (secondary N) is 2. The van der Waals surface area contributed by atoms with Crippen LogP contribution in [0.15, 0.2) is 22.7 Å². The quantitative estimate of drug-likeness (QED) is 0.876. The van der Waals surface area contributed by atoms with Crippen molar-refractivity contribution in [3.63, 3.8) is 0 Å². The maximum absolute atomic E-state index is 13.4. The van der Waals surface area contributed by atoms with E-state index in [-0.39, 0.29) is 5.82 Å². The number of aromatic nitrogens is 2. The predicted molar refractivity (Wildman–Crippen MR) is 81.3 cm³/mol. The average molecular weight is 338 g/mol. The summed E-state index contributed by atoms with van der Waals surface area (Å²) in [6, 6.07) is 5.11. The van der Waals surface area contributed by atoms with Gasteiger partial charge in [0.15, 0.2) is 0 Å². The van der Waals surface area contributed by atoms with Crippen LogP contribution in [0.5, 0.6) is 0 Å². The summed E-state index contributed by atoms with van der Waals surface area (Å²) in [6.45, 7) is 3.86. The zero-order valence-electron chi connectivity index (χ0n) is 11.3. The molecule has 20 heavy (non-hydrogen) atoms. The Morgan fingerprint density at radius 2 is 2.05 bits per heavy atom. The molecule has 1 aliphatic rings. The van der Waals surface area contributed by atoms with Gasteiger partial charge in [-0.3, -0.25) is 5.10 Å². The van der Waals surface area contributed by atoms with Crippen LogP contribution >= 0.6 is 15.9 Å². The molecule has 2 heterocycles. The van der Waals surface area contributed by atoms with Gasteiger partial charge in [-0.05, 0) is 72.5 Å².